The number of carboxylic acids is 1. The number of benzene rings is 1. The number of carbonyl (C=O) groups is 2. The molecule has 1 aromatic carbocycles. The van der Waals surface area contributed by atoms with Crippen LogP contribution in [0.1, 0.15) is 23.2 Å². The smallest absolute Gasteiger partial charge is 0.342 e. The van der Waals surface area contributed by atoms with E-state index < -0.39 is 11.9 Å². The van der Waals surface area contributed by atoms with Crippen LogP contribution >= 0.6 is 0 Å². The zero-order valence-corrected chi connectivity index (χ0v) is 12.2. The van der Waals surface area contributed by atoms with Gasteiger partial charge >= 0.3 is 11.9 Å². The van der Waals surface area contributed by atoms with Crippen LogP contribution in [-0.4, -0.2) is 45.0 Å². The van der Waals surface area contributed by atoms with E-state index in [2.05, 4.69) is 0 Å². The molecule has 0 saturated carbocycles. The van der Waals surface area contributed by atoms with Crippen molar-refractivity contribution in [2.24, 2.45) is 0 Å². The summed E-state index contributed by atoms with van der Waals surface area (Å²) in [6.07, 6.45) is 0.188. The number of carbonyl (C=O) groups excluding carboxylic acids is 1. The molecule has 1 rings (SSSR count). The fourth-order valence-electron chi connectivity index (χ4n) is 1.73. The second-order valence-electron chi connectivity index (χ2n) is 4.02. The molecule has 0 amide bonds. The first kappa shape index (κ1) is 16.6. The van der Waals surface area contributed by atoms with Gasteiger partial charge in [-0.2, -0.15) is 0 Å². The molecule has 7 heteroatoms. The van der Waals surface area contributed by atoms with Crippen molar-refractivity contribution in [3.63, 3.8) is 0 Å². The minimum atomic E-state index is -0.935. The molecule has 1 N–H and O–H groups in total. The molecule has 7 nitrogen and oxygen atoms in total. The molecule has 0 atom stereocenters. The summed E-state index contributed by atoms with van der Waals surface area (Å²) in [5.41, 5.74) is 0.186. The van der Waals surface area contributed by atoms with Gasteiger partial charge in [0.15, 0.2) is 11.5 Å². The number of esters is 1. The number of aliphatic carboxylic acids is 1. The van der Waals surface area contributed by atoms with Gasteiger partial charge in [0.1, 0.15) is 5.56 Å². The lowest BCUT2D eigenvalue weighted by molar-refractivity contribution is -0.137. The van der Waals surface area contributed by atoms with Crippen LogP contribution in [0, 0.1) is 0 Å². The van der Waals surface area contributed by atoms with Gasteiger partial charge in [-0.1, -0.05) is 0 Å². The molecular formula is C14H18O7. The van der Waals surface area contributed by atoms with E-state index in [0.29, 0.717) is 11.5 Å². The van der Waals surface area contributed by atoms with Crippen molar-refractivity contribution < 1.29 is 33.6 Å². The zero-order chi connectivity index (χ0) is 15.8. The third-order valence-electron chi connectivity index (χ3n) is 2.69. The minimum absolute atomic E-state index is 0.0165. The fourth-order valence-corrected chi connectivity index (χ4v) is 1.73. The maximum atomic E-state index is 12.0. The van der Waals surface area contributed by atoms with E-state index in [9.17, 15) is 9.59 Å². The molecule has 0 bridgehead atoms. The van der Waals surface area contributed by atoms with Crippen LogP contribution in [0.25, 0.3) is 0 Å². The van der Waals surface area contributed by atoms with Crippen molar-refractivity contribution in [2.75, 3.05) is 27.9 Å². The number of carboxylic acid groups (broad SMARTS) is 1. The Bertz CT molecular complexity index is 510. The Balaban J connectivity index is 2.86. The molecule has 0 radical (unpaired) electrons. The maximum absolute atomic E-state index is 12.0. The quantitative estimate of drug-likeness (QED) is 0.577. The average Bonchev–Trinajstić information content (AvgIpc) is 2.49. The second kappa shape index (κ2) is 7.98. The number of rotatable bonds is 8. The van der Waals surface area contributed by atoms with E-state index in [1.54, 1.807) is 6.07 Å². The molecule has 0 heterocycles. The van der Waals surface area contributed by atoms with Gasteiger partial charge in [0.25, 0.3) is 0 Å². The lowest BCUT2D eigenvalue weighted by Crippen LogP contribution is -2.10. The van der Waals surface area contributed by atoms with E-state index in [1.165, 1.54) is 27.4 Å². The summed E-state index contributed by atoms with van der Waals surface area (Å²) < 4.78 is 20.5. The highest BCUT2D eigenvalue weighted by Crippen LogP contribution is 2.39. The SMILES string of the molecule is COc1ccc(C(=O)OCCCC(=O)O)c(OC)c1OC. The summed E-state index contributed by atoms with van der Waals surface area (Å²) in [6, 6.07) is 3.06. The summed E-state index contributed by atoms with van der Waals surface area (Å²) >= 11 is 0. The van der Waals surface area contributed by atoms with Crippen LogP contribution in [0.3, 0.4) is 0 Å². The molecule has 116 valence electrons. The Kier molecular flexibility index (Phi) is 6.32. The minimum Gasteiger partial charge on any atom is -0.493 e. The maximum Gasteiger partial charge on any atom is 0.342 e. The van der Waals surface area contributed by atoms with Crippen LogP contribution < -0.4 is 14.2 Å². The lowest BCUT2D eigenvalue weighted by atomic mass is 10.1. The van der Waals surface area contributed by atoms with Crippen LogP contribution in [0.15, 0.2) is 12.1 Å². The van der Waals surface area contributed by atoms with Crippen LogP contribution in [-0.2, 0) is 9.53 Å². The summed E-state index contributed by atoms with van der Waals surface area (Å²) in [7, 11) is 4.31. The second-order valence-corrected chi connectivity index (χ2v) is 4.02. The first-order chi connectivity index (χ1) is 10.0. The van der Waals surface area contributed by atoms with Crippen LogP contribution in [0.5, 0.6) is 17.2 Å². The van der Waals surface area contributed by atoms with Gasteiger partial charge in [-0.3, -0.25) is 4.79 Å². The predicted molar refractivity (Wildman–Crippen MR) is 73.3 cm³/mol. The summed E-state index contributed by atoms with van der Waals surface area (Å²) in [6.45, 7) is 0.0165. The average molecular weight is 298 g/mol. The monoisotopic (exact) mass is 298 g/mol. The summed E-state index contributed by atoms with van der Waals surface area (Å²) in [5.74, 6) is -0.621. The Labute approximate surface area is 122 Å². The van der Waals surface area contributed by atoms with E-state index in [0.717, 1.165) is 0 Å². The van der Waals surface area contributed by atoms with Crippen molar-refractivity contribution in [1.29, 1.82) is 0 Å². The third-order valence-corrected chi connectivity index (χ3v) is 2.69. The number of hydrogen-bond acceptors (Lipinski definition) is 6. The van der Waals surface area contributed by atoms with E-state index in [4.69, 9.17) is 24.1 Å². The normalized spacial score (nSPS) is 9.86. The molecule has 0 aromatic heterocycles. The lowest BCUT2D eigenvalue weighted by Gasteiger charge is -2.15. The van der Waals surface area contributed by atoms with Gasteiger partial charge in [0.05, 0.1) is 27.9 Å². The number of ether oxygens (including phenoxy) is 4. The van der Waals surface area contributed by atoms with E-state index >= 15 is 0 Å². The van der Waals surface area contributed by atoms with Gasteiger partial charge in [-0.25, -0.2) is 4.79 Å². The van der Waals surface area contributed by atoms with Crippen LogP contribution in [0.2, 0.25) is 0 Å². The Hall–Kier alpha value is -2.44. The Morgan fingerprint density at radius 3 is 2.24 bits per heavy atom. The topological polar surface area (TPSA) is 91.3 Å². The first-order valence-electron chi connectivity index (χ1n) is 6.23. The number of hydrogen-bond donors (Lipinski definition) is 1. The Morgan fingerprint density at radius 1 is 1.05 bits per heavy atom. The molecule has 0 aliphatic carbocycles. The molecule has 0 saturated heterocycles. The van der Waals surface area contributed by atoms with E-state index in [1.807, 2.05) is 0 Å². The van der Waals surface area contributed by atoms with Crippen molar-refractivity contribution in [3.05, 3.63) is 17.7 Å². The highest BCUT2D eigenvalue weighted by atomic mass is 16.5. The highest BCUT2D eigenvalue weighted by Gasteiger charge is 2.21. The molecule has 0 aliphatic heterocycles. The van der Waals surface area contributed by atoms with Crippen molar-refractivity contribution in [1.82, 2.24) is 0 Å². The fraction of sp³-hybridized carbons (Fsp3) is 0.429. The van der Waals surface area contributed by atoms with Gasteiger partial charge in [-0.15, -0.1) is 0 Å². The van der Waals surface area contributed by atoms with Crippen molar-refractivity contribution in [2.45, 2.75) is 12.8 Å². The molecule has 0 aliphatic rings. The van der Waals surface area contributed by atoms with Gasteiger partial charge in [0, 0.05) is 6.42 Å². The number of methoxy groups -OCH3 is 3. The summed E-state index contributed by atoms with van der Waals surface area (Å²) in [4.78, 5) is 22.4. The first-order valence-corrected chi connectivity index (χ1v) is 6.23. The van der Waals surface area contributed by atoms with E-state index in [-0.39, 0.29) is 30.8 Å². The van der Waals surface area contributed by atoms with Gasteiger partial charge in [-0.05, 0) is 18.6 Å². The highest BCUT2D eigenvalue weighted by molar-refractivity contribution is 5.94. The molecule has 1 aromatic rings. The van der Waals surface area contributed by atoms with Crippen molar-refractivity contribution in [3.8, 4) is 17.2 Å². The molecule has 21 heavy (non-hydrogen) atoms. The largest absolute Gasteiger partial charge is 0.493 e. The molecular weight excluding hydrogens is 280 g/mol. The summed E-state index contributed by atoms with van der Waals surface area (Å²) in [5, 5.41) is 8.51. The molecule has 0 unspecified atom stereocenters. The molecule has 0 fully saturated rings. The van der Waals surface area contributed by atoms with Gasteiger partial charge in [0.2, 0.25) is 5.75 Å². The molecule has 0 spiro atoms. The Morgan fingerprint density at radius 2 is 1.71 bits per heavy atom. The standard InChI is InChI=1S/C14H18O7/c1-18-10-7-6-9(12(19-2)13(10)20-3)14(17)21-8-4-5-11(15)16/h6-7H,4-5,8H2,1-3H3,(H,15,16). The van der Waals surface area contributed by atoms with Crippen LogP contribution in [0.4, 0.5) is 0 Å². The van der Waals surface area contributed by atoms with Gasteiger partial charge < -0.3 is 24.1 Å². The predicted octanol–water partition coefficient (Wildman–Crippen LogP) is 1.73. The van der Waals surface area contributed by atoms with Crippen molar-refractivity contribution >= 4 is 11.9 Å². The third kappa shape index (κ3) is 4.27. The zero-order valence-electron chi connectivity index (χ0n) is 12.2.